The maximum absolute atomic E-state index is 5.16. The summed E-state index contributed by atoms with van der Waals surface area (Å²) in [4.78, 5) is 4.45. The molecule has 4 heteroatoms. The Morgan fingerprint density at radius 2 is 2.10 bits per heavy atom. The number of ether oxygens (including phenoxy) is 1. The third-order valence-corrected chi connectivity index (χ3v) is 3.10. The summed E-state index contributed by atoms with van der Waals surface area (Å²) in [5, 5.41) is 3.47. The Bertz CT molecular complexity index is 534. The maximum atomic E-state index is 5.16. The summed E-state index contributed by atoms with van der Waals surface area (Å²) in [5.74, 6) is 1.33. The first kappa shape index (κ1) is 14.6. The molecule has 2 heterocycles. The van der Waals surface area contributed by atoms with Crippen LogP contribution in [-0.4, -0.2) is 23.2 Å². The SMILES string of the molecule is COc1cccc(Cn2cccc2CNCC(C)C)n1. The number of hydrogen-bond donors (Lipinski definition) is 1. The first-order valence-corrected chi connectivity index (χ1v) is 7.03. The van der Waals surface area contributed by atoms with Crippen LogP contribution in [0.2, 0.25) is 0 Å². The first-order valence-electron chi connectivity index (χ1n) is 7.03. The predicted molar refractivity (Wildman–Crippen MR) is 80.9 cm³/mol. The Labute approximate surface area is 120 Å². The van der Waals surface area contributed by atoms with Gasteiger partial charge in [0.1, 0.15) is 0 Å². The molecule has 0 aliphatic rings. The summed E-state index contributed by atoms with van der Waals surface area (Å²) in [6.45, 7) is 7.11. The number of hydrogen-bond acceptors (Lipinski definition) is 3. The zero-order valence-electron chi connectivity index (χ0n) is 12.5. The number of methoxy groups -OCH3 is 1. The van der Waals surface area contributed by atoms with Crippen LogP contribution < -0.4 is 10.1 Å². The molecule has 0 aliphatic heterocycles. The van der Waals surface area contributed by atoms with Crippen molar-refractivity contribution in [1.29, 1.82) is 0 Å². The van der Waals surface area contributed by atoms with Crippen molar-refractivity contribution in [3.8, 4) is 5.88 Å². The smallest absolute Gasteiger partial charge is 0.213 e. The van der Waals surface area contributed by atoms with Gasteiger partial charge in [-0.15, -0.1) is 0 Å². The summed E-state index contributed by atoms with van der Waals surface area (Å²) < 4.78 is 7.38. The Morgan fingerprint density at radius 3 is 2.85 bits per heavy atom. The van der Waals surface area contributed by atoms with Crippen molar-refractivity contribution < 1.29 is 4.74 Å². The molecule has 0 unspecified atom stereocenters. The predicted octanol–water partition coefficient (Wildman–Crippen LogP) is 2.69. The Kier molecular flexibility index (Phi) is 5.18. The van der Waals surface area contributed by atoms with Crippen LogP contribution in [0.1, 0.15) is 25.2 Å². The third-order valence-electron chi connectivity index (χ3n) is 3.10. The highest BCUT2D eigenvalue weighted by Gasteiger charge is 2.04. The van der Waals surface area contributed by atoms with Crippen LogP contribution in [0.5, 0.6) is 5.88 Å². The van der Waals surface area contributed by atoms with Gasteiger partial charge >= 0.3 is 0 Å². The van der Waals surface area contributed by atoms with E-state index >= 15 is 0 Å². The second-order valence-corrected chi connectivity index (χ2v) is 5.32. The van der Waals surface area contributed by atoms with Crippen molar-refractivity contribution in [1.82, 2.24) is 14.9 Å². The minimum Gasteiger partial charge on any atom is -0.481 e. The summed E-state index contributed by atoms with van der Waals surface area (Å²) >= 11 is 0. The molecular formula is C16H23N3O. The van der Waals surface area contributed by atoms with Crippen molar-refractivity contribution in [3.63, 3.8) is 0 Å². The average Bonchev–Trinajstić information content (AvgIpc) is 2.86. The van der Waals surface area contributed by atoms with Gasteiger partial charge in [0, 0.05) is 24.5 Å². The zero-order chi connectivity index (χ0) is 14.4. The van der Waals surface area contributed by atoms with Crippen LogP contribution in [0.3, 0.4) is 0 Å². The van der Waals surface area contributed by atoms with E-state index in [0.29, 0.717) is 11.8 Å². The fourth-order valence-corrected chi connectivity index (χ4v) is 2.09. The highest BCUT2D eigenvalue weighted by atomic mass is 16.5. The van der Waals surface area contributed by atoms with Gasteiger partial charge < -0.3 is 14.6 Å². The molecular weight excluding hydrogens is 250 g/mol. The lowest BCUT2D eigenvalue weighted by Gasteiger charge is -2.11. The van der Waals surface area contributed by atoms with Gasteiger partial charge in [-0.1, -0.05) is 19.9 Å². The van der Waals surface area contributed by atoms with Gasteiger partial charge in [0.05, 0.1) is 19.3 Å². The molecule has 0 saturated carbocycles. The minimum atomic E-state index is 0.661. The molecule has 2 rings (SSSR count). The van der Waals surface area contributed by atoms with E-state index < -0.39 is 0 Å². The lowest BCUT2D eigenvalue weighted by molar-refractivity contribution is 0.395. The molecule has 4 nitrogen and oxygen atoms in total. The van der Waals surface area contributed by atoms with Crippen LogP contribution in [-0.2, 0) is 13.1 Å². The normalized spacial score (nSPS) is 11.0. The summed E-state index contributed by atoms with van der Waals surface area (Å²) in [6.07, 6.45) is 2.09. The lowest BCUT2D eigenvalue weighted by atomic mass is 10.2. The Balaban J connectivity index is 2.00. The van der Waals surface area contributed by atoms with Crippen LogP contribution in [0.4, 0.5) is 0 Å². The molecule has 0 spiro atoms. The van der Waals surface area contributed by atoms with E-state index in [1.165, 1.54) is 5.69 Å². The Hall–Kier alpha value is -1.81. The first-order chi connectivity index (χ1) is 9.69. The molecule has 0 fully saturated rings. The van der Waals surface area contributed by atoms with Crippen molar-refractivity contribution in [2.75, 3.05) is 13.7 Å². The van der Waals surface area contributed by atoms with Crippen molar-refractivity contribution in [2.24, 2.45) is 5.92 Å². The van der Waals surface area contributed by atoms with Gasteiger partial charge in [0.15, 0.2) is 0 Å². The highest BCUT2D eigenvalue weighted by Crippen LogP contribution is 2.10. The summed E-state index contributed by atoms with van der Waals surface area (Å²) in [7, 11) is 1.64. The van der Waals surface area contributed by atoms with Gasteiger partial charge in [-0.3, -0.25) is 0 Å². The molecule has 2 aromatic rings. The van der Waals surface area contributed by atoms with Gasteiger partial charge in [-0.2, -0.15) is 0 Å². The van der Waals surface area contributed by atoms with E-state index in [1.54, 1.807) is 7.11 Å². The molecule has 108 valence electrons. The molecule has 1 N–H and O–H groups in total. The number of aromatic nitrogens is 2. The number of rotatable bonds is 7. The van der Waals surface area contributed by atoms with Gasteiger partial charge in [0.25, 0.3) is 0 Å². The zero-order valence-corrected chi connectivity index (χ0v) is 12.5. The van der Waals surface area contributed by atoms with Crippen molar-refractivity contribution in [2.45, 2.75) is 26.9 Å². The topological polar surface area (TPSA) is 39.1 Å². The highest BCUT2D eigenvalue weighted by molar-refractivity contribution is 5.17. The van der Waals surface area contributed by atoms with E-state index in [9.17, 15) is 0 Å². The van der Waals surface area contributed by atoms with Gasteiger partial charge in [-0.05, 0) is 30.7 Å². The lowest BCUT2D eigenvalue weighted by Crippen LogP contribution is -2.21. The molecule has 0 aliphatic carbocycles. The second-order valence-electron chi connectivity index (χ2n) is 5.32. The van der Waals surface area contributed by atoms with E-state index in [-0.39, 0.29) is 0 Å². The van der Waals surface area contributed by atoms with Gasteiger partial charge in [-0.25, -0.2) is 4.98 Å². The molecule has 20 heavy (non-hydrogen) atoms. The second kappa shape index (κ2) is 7.10. The summed E-state index contributed by atoms with van der Waals surface area (Å²) in [5.41, 5.74) is 2.28. The molecule has 0 amide bonds. The summed E-state index contributed by atoms with van der Waals surface area (Å²) in [6, 6.07) is 10.1. The molecule has 0 radical (unpaired) electrons. The Morgan fingerprint density at radius 1 is 1.25 bits per heavy atom. The molecule has 0 bridgehead atoms. The fraction of sp³-hybridized carbons (Fsp3) is 0.438. The largest absolute Gasteiger partial charge is 0.481 e. The van der Waals surface area contributed by atoms with E-state index in [0.717, 1.165) is 25.3 Å². The van der Waals surface area contributed by atoms with Crippen LogP contribution in [0.15, 0.2) is 36.5 Å². The molecule has 0 aromatic carbocycles. The van der Waals surface area contributed by atoms with Crippen LogP contribution in [0.25, 0.3) is 0 Å². The van der Waals surface area contributed by atoms with E-state index in [2.05, 4.69) is 47.0 Å². The number of nitrogens with zero attached hydrogens (tertiary/aromatic N) is 2. The average molecular weight is 273 g/mol. The quantitative estimate of drug-likeness (QED) is 0.843. The monoisotopic (exact) mass is 273 g/mol. The van der Waals surface area contributed by atoms with Crippen molar-refractivity contribution in [3.05, 3.63) is 47.9 Å². The standard InChI is InChI=1S/C16H23N3O/c1-13(2)10-17-11-15-7-5-9-19(15)12-14-6-4-8-16(18-14)20-3/h4-9,13,17H,10-12H2,1-3H3. The third kappa shape index (κ3) is 4.10. The van der Waals surface area contributed by atoms with Crippen LogP contribution >= 0.6 is 0 Å². The van der Waals surface area contributed by atoms with Crippen molar-refractivity contribution >= 4 is 0 Å². The molecule has 2 aromatic heterocycles. The van der Waals surface area contributed by atoms with Crippen LogP contribution in [0, 0.1) is 5.92 Å². The fourth-order valence-electron chi connectivity index (χ4n) is 2.09. The number of nitrogens with one attached hydrogen (secondary N) is 1. The molecule has 0 saturated heterocycles. The minimum absolute atomic E-state index is 0.661. The van der Waals surface area contributed by atoms with E-state index in [1.807, 2.05) is 18.2 Å². The van der Waals surface area contributed by atoms with E-state index in [4.69, 9.17) is 4.74 Å². The van der Waals surface area contributed by atoms with Gasteiger partial charge in [0.2, 0.25) is 5.88 Å². The number of pyridine rings is 1. The molecule has 0 atom stereocenters. The maximum Gasteiger partial charge on any atom is 0.213 e.